The van der Waals surface area contributed by atoms with Gasteiger partial charge >= 0.3 is 0 Å². The van der Waals surface area contributed by atoms with Gasteiger partial charge in [-0.1, -0.05) is 17.7 Å². The molecule has 0 saturated heterocycles. The fourth-order valence-corrected chi connectivity index (χ4v) is 2.23. The molecule has 25 heavy (non-hydrogen) atoms. The van der Waals surface area contributed by atoms with Crippen LogP contribution in [0.4, 0.5) is 0 Å². The van der Waals surface area contributed by atoms with Crippen LogP contribution >= 0.6 is 0 Å². The Bertz CT molecular complexity index is 718. The third-order valence-electron chi connectivity index (χ3n) is 3.67. The largest absolute Gasteiger partial charge is 0.484 e. The first-order chi connectivity index (χ1) is 12.1. The second-order valence-corrected chi connectivity index (χ2v) is 5.56. The van der Waals surface area contributed by atoms with Crippen molar-refractivity contribution < 1.29 is 14.3 Å². The van der Waals surface area contributed by atoms with Gasteiger partial charge in [0.15, 0.2) is 6.61 Å². The Morgan fingerprint density at radius 2 is 1.60 bits per heavy atom. The topological polar surface area (TPSA) is 62.6 Å². The molecule has 0 aliphatic carbocycles. The molecular weight excluding hydrogens is 316 g/mol. The van der Waals surface area contributed by atoms with Crippen LogP contribution in [0, 0.1) is 18.3 Å². The summed E-state index contributed by atoms with van der Waals surface area (Å²) in [5.74, 6) is 1.94. The predicted octanol–water partition coefficient (Wildman–Crippen LogP) is 3.93. The van der Waals surface area contributed by atoms with Crippen molar-refractivity contribution >= 4 is 5.91 Å². The summed E-state index contributed by atoms with van der Waals surface area (Å²) in [6.45, 7) is 4.85. The van der Waals surface area contributed by atoms with Gasteiger partial charge in [-0.25, -0.2) is 0 Å². The Labute approximate surface area is 148 Å². The monoisotopic (exact) mass is 338 g/mol. The Morgan fingerprint density at radius 1 is 1.04 bits per heavy atom. The SMILES string of the molecule is CCN(CCC#N)C(=O)COc1ccc(Oc2ccc(C)cc2)cc1. The number of likely N-dealkylation sites (N-methyl/N-ethyl adjacent to an activating group) is 1. The van der Waals surface area contributed by atoms with E-state index in [1.165, 1.54) is 5.56 Å². The number of hydrogen-bond acceptors (Lipinski definition) is 4. The number of aryl methyl sites for hydroxylation is 1. The Hall–Kier alpha value is -3.00. The van der Waals surface area contributed by atoms with E-state index in [1.54, 1.807) is 29.2 Å². The van der Waals surface area contributed by atoms with Crippen LogP contribution in [0.1, 0.15) is 18.9 Å². The van der Waals surface area contributed by atoms with Crippen LogP contribution in [0.3, 0.4) is 0 Å². The summed E-state index contributed by atoms with van der Waals surface area (Å²) < 4.78 is 11.3. The molecule has 0 radical (unpaired) electrons. The minimum absolute atomic E-state index is 0.0442. The van der Waals surface area contributed by atoms with E-state index in [0.717, 1.165) is 5.75 Å². The molecule has 0 bridgehead atoms. The third kappa shape index (κ3) is 5.85. The fourth-order valence-electron chi connectivity index (χ4n) is 2.23. The van der Waals surface area contributed by atoms with Gasteiger partial charge in [0.25, 0.3) is 5.91 Å². The molecule has 2 aromatic carbocycles. The Balaban J connectivity index is 1.86. The maximum Gasteiger partial charge on any atom is 0.260 e. The van der Waals surface area contributed by atoms with E-state index in [1.807, 2.05) is 44.2 Å². The number of benzene rings is 2. The van der Waals surface area contributed by atoms with Gasteiger partial charge in [-0.3, -0.25) is 4.79 Å². The van der Waals surface area contributed by atoms with Crippen molar-refractivity contribution in [2.24, 2.45) is 0 Å². The van der Waals surface area contributed by atoms with Gasteiger partial charge in [0.05, 0.1) is 12.5 Å². The summed E-state index contributed by atoms with van der Waals surface area (Å²) in [5.41, 5.74) is 1.18. The maximum absolute atomic E-state index is 12.1. The van der Waals surface area contributed by atoms with Gasteiger partial charge in [-0.05, 0) is 50.2 Å². The molecule has 0 fully saturated rings. The number of nitrogens with zero attached hydrogens (tertiary/aromatic N) is 2. The molecule has 2 aromatic rings. The standard InChI is InChI=1S/C20H22N2O3/c1-3-22(14-4-13-21)20(23)15-24-17-9-11-19(12-10-17)25-18-7-5-16(2)6-8-18/h5-12H,3-4,14-15H2,1-2H3. The third-order valence-corrected chi connectivity index (χ3v) is 3.67. The van der Waals surface area contributed by atoms with Crippen molar-refractivity contribution in [2.45, 2.75) is 20.3 Å². The van der Waals surface area contributed by atoms with Gasteiger partial charge in [-0.15, -0.1) is 0 Å². The van der Waals surface area contributed by atoms with Crippen molar-refractivity contribution in [1.29, 1.82) is 5.26 Å². The quantitative estimate of drug-likeness (QED) is 0.731. The van der Waals surface area contributed by atoms with Gasteiger partial charge in [0, 0.05) is 13.1 Å². The zero-order valence-electron chi connectivity index (χ0n) is 14.6. The van der Waals surface area contributed by atoms with Crippen LogP contribution in [0.25, 0.3) is 0 Å². The molecule has 5 nitrogen and oxygen atoms in total. The number of carbonyl (C=O) groups is 1. The molecule has 0 aromatic heterocycles. The van der Waals surface area contributed by atoms with Crippen LogP contribution < -0.4 is 9.47 Å². The van der Waals surface area contributed by atoms with Crippen LogP contribution in [-0.2, 0) is 4.79 Å². The first-order valence-electron chi connectivity index (χ1n) is 8.24. The first kappa shape index (κ1) is 18.3. The highest BCUT2D eigenvalue weighted by atomic mass is 16.5. The van der Waals surface area contributed by atoms with E-state index in [4.69, 9.17) is 14.7 Å². The van der Waals surface area contributed by atoms with E-state index < -0.39 is 0 Å². The molecule has 130 valence electrons. The minimum atomic E-state index is -0.127. The number of nitriles is 1. The summed E-state index contributed by atoms with van der Waals surface area (Å²) in [5, 5.41) is 8.61. The van der Waals surface area contributed by atoms with Gasteiger partial charge in [-0.2, -0.15) is 5.26 Å². The second-order valence-electron chi connectivity index (χ2n) is 5.56. The average molecular weight is 338 g/mol. The van der Waals surface area contributed by atoms with Gasteiger partial charge in [0.1, 0.15) is 17.2 Å². The molecular formula is C20H22N2O3. The summed E-state index contributed by atoms with van der Waals surface area (Å²) in [6, 6.07) is 17.0. The molecule has 0 aliphatic rings. The fraction of sp³-hybridized carbons (Fsp3) is 0.300. The lowest BCUT2D eigenvalue weighted by atomic mass is 10.2. The van der Waals surface area contributed by atoms with Crippen LogP contribution in [0.5, 0.6) is 17.2 Å². The lowest BCUT2D eigenvalue weighted by molar-refractivity contribution is -0.133. The van der Waals surface area contributed by atoms with E-state index in [-0.39, 0.29) is 12.5 Å². The highest BCUT2D eigenvalue weighted by Gasteiger charge is 2.11. The highest BCUT2D eigenvalue weighted by Crippen LogP contribution is 2.24. The number of ether oxygens (including phenoxy) is 2. The molecule has 5 heteroatoms. The first-order valence-corrected chi connectivity index (χ1v) is 8.24. The molecule has 1 amide bonds. The number of hydrogen-bond donors (Lipinski definition) is 0. The molecule has 2 rings (SSSR count). The molecule has 0 N–H and O–H groups in total. The van der Waals surface area contributed by atoms with Crippen molar-refractivity contribution in [3.05, 3.63) is 54.1 Å². The zero-order chi connectivity index (χ0) is 18.1. The van der Waals surface area contributed by atoms with E-state index in [9.17, 15) is 4.79 Å². The van der Waals surface area contributed by atoms with Gasteiger partial charge < -0.3 is 14.4 Å². The Morgan fingerprint density at radius 3 is 2.16 bits per heavy atom. The normalized spacial score (nSPS) is 9.96. The predicted molar refractivity (Wildman–Crippen MR) is 95.7 cm³/mol. The van der Waals surface area contributed by atoms with Crippen molar-refractivity contribution in [2.75, 3.05) is 19.7 Å². The lowest BCUT2D eigenvalue weighted by Gasteiger charge is -2.19. The smallest absolute Gasteiger partial charge is 0.260 e. The molecule has 0 unspecified atom stereocenters. The second kappa shape index (κ2) is 9.33. The van der Waals surface area contributed by atoms with Gasteiger partial charge in [0.2, 0.25) is 0 Å². The average Bonchev–Trinajstić information content (AvgIpc) is 2.63. The minimum Gasteiger partial charge on any atom is -0.484 e. The van der Waals surface area contributed by atoms with Crippen LogP contribution in [-0.4, -0.2) is 30.5 Å². The summed E-state index contributed by atoms with van der Waals surface area (Å²) in [4.78, 5) is 13.7. The van der Waals surface area contributed by atoms with Crippen LogP contribution in [0.2, 0.25) is 0 Å². The van der Waals surface area contributed by atoms with Crippen LogP contribution in [0.15, 0.2) is 48.5 Å². The number of rotatable bonds is 8. The van der Waals surface area contributed by atoms with E-state index >= 15 is 0 Å². The molecule has 0 atom stereocenters. The Kier molecular flexibility index (Phi) is 6.85. The molecule has 0 spiro atoms. The van der Waals surface area contributed by atoms with E-state index in [0.29, 0.717) is 31.0 Å². The van der Waals surface area contributed by atoms with Crippen molar-refractivity contribution in [3.8, 4) is 23.3 Å². The summed E-state index contributed by atoms with van der Waals surface area (Å²) in [6.07, 6.45) is 0.324. The molecule has 0 heterocycles. The summed E-state index contributed by atoms with van der Waals surface area (Å²) >= 11 is 0. The maximum atomic E-state index is 12.1. The van der Waals surface area contributed by atoms with E-state index in [2.05, 4.69) is 0 Å². The number of carbonyl (C=O) groups excluding carboxylic acids is 1. The van der Waals surface area contributed by atoms with Crippen molar-refractivity contribution in [1.82, 2.24) is 4.90 Å². The molecule has 0 saturated carbocycles. The lowest BCUT2D eigenvalue weighted by Crippen LogP contribution is -2.35. The van der Waals surface area contributed by atoms with Crippen molar-refractivity contribution in [3.63, 3.8) is 0 Å². The highest BCUT2D eigenvalue weighted by molar-refractivity contribution is 5.77. The number of amides is 1. The molecule has 0 aliphatic heterocycles. The zero-order valence-corrected chi connectivity index (χ0v) is 14.6. The summed E-state index contributed by atoms with van der Waals surface area (Å²) in [7, 11) is 0.